The SMILES string of the molecule is CCOCn1nc(C(F)(F)F)c([N+](=O)[O-])c1-c1ccc(Cl)cc1. The lowest BCUT2D eigenvalue weighted by Gasteiger charge is -2.06. The van der Waals surface area contributed by atoms with Gasteiger partial charge in [0.25, 0.3) is 0 Å². The maximum atomic E-state index is 13.1. The van der Waals surface area contributed by atoms with Gasteiger partial charge in [0.2, 0.25) is 5.69 Å². The van der Waals surface area contributed by atoms with Crippen LogP contribution in [0, 0.1) is 10.1 Å². The highest BCUT2D eigenvalue weighted by atomic mass is 35.5. The summed E-state index contributed by atoms with van der Waals surface area (Å²) < 4.78 is 45.1. The van der Waals surface area contributed by atoms with Crippen molar-refractivity contribution in [2.45, 2.75) is 19.8 Å². The number of nitrogens with zero attached hydrogens (tertiary/aromatic N) is 3. The topological polar surface area (TPSA) is 70.2 Å². The summed E-state index contributed by atoms with van der Waals surface area (Å²) in [6.45, 7) is 1.52. The van der Waals surface area contributed by atoms with Gasteiger partial charge in [0.1, 0.15) is 12.4 Å². The zero-order valence-corrected chi connectivity index (χ0v) is 12.6. The van der Waals surface area contributed by atoms with E-state index in [1.165, 1.54) is 24.3 Å². The lowest BCUT2D eigenvalue weighted by atomic mass is 10.1. The molecule has 0 bridgehead atoms. The first-order valence-electron chi connectivity index (χ1n) is 6.41. The molecule has 23 heavy (non-hydrogen) atoms. The number of hydrogen-bond acceptors (Lipinski definition) is 4. The minimum Gasteiger partial charge on any atom is -0.360 e. The number of benzene rings is 1. The molecule has 124 valence electrons. The highest BCUT2D eigenvalue weighted by Crippen LogP contribution is 2.41. The first kappa shape index (κ1) is 17.2. The van der Waals surface area contributed by atoms with E-state index in [0.717, 1.165) is 4.68 Å². The van der Waals surface area contributed by atoms with E-state index in [1.807, 2.05) is 0 Å². The van der Waals surface area contributed by atoms with Crippen LogP contribution < -0.4 is 0 Å². The highest BCUT2D eigenvalue weighted by molar-refractivity contribution is 6.30. The van der Waals surface area contributed by atoms with E-state index < -0.39 is 22.5 Å². The second-order valence-corrected chi connectivity index (χ2v) is 4.87. The van der Waals surface area contributed by atoms with Crippen LogP contribution in [0.2, 0.25) is 5.02 Å². The van der Waals surface area contributed by atoms with E-state index in [-0.39, 0.29) is 24.6 Å². The van der Waals surface area contributed by atoms with Gasteiger partial charge in [-0.25, -0.2) is 4.68 Å². The molecule has 0 saturated heterocycles. The fourth-order valence-electron chi connectivity index (χ4n) is 1.98. The lowest BCUT2D eigenvalue weighted by Crippen LogP contribution is -2.10. The van der Waals surface area contributed by atoms with Gasteiger partial charge in [-0.2, -0.15) is 18.3 Å². The van der Waals surface area contributed by atoms with E-state index in [0.29, 0.717) is 5.02 Å². The van der Waals surface area contributed by atoms with Crippen LogP contribution in [0.15, 0.2) is 24.3 Å². The third-order valence-electron chi connectivity index (χ3n) is 2.91. The predicted octanol–water partition coefficient (Wildman–Crippen LogP) is 4.12. The Kier molecular flexibility index (Phi) is 4.90. The molecular formula is C13H11ClF3N3O3. The van der Waals surface area contributed by atoms with Crippen LogP contribution in [0.25, 0.3) is 11.3 Å². The molecule has 6 nitrogen and oxygen atoms in total. The molecule has 2 rings (SSSR count). The Hall–Kier alpha value is -2.13. The van der Waals surface area contributed by atoms with E-state index in [4.69, 9.17) is 16.3 Å². The molecule has 0 radical (unpaired) electrons. The summed E-state index contributed by atoms with van der Waals surface area (Å²) in [5, 5.41) is 14.9. The standard InChI is InChI=1S/C13H11ClF3N3O3/c1-2-23-7-19-10(8-3-5-9(14)6-4-8)11(20(21)22)12(18-19)13(15,16)17/h3-6H,2,7H2,1H3. The van der Waals surface area contributed by atoms with Crippen molar-refractivity contribution < 1.29 is 22.8 Å². The second-order valence-electron chi connectivity index (χ2n) is 4.43. The fourth-order valence-corrected chi connectivity index (χ4v) is 2.11. The summed E-state index contributed by atoms with van der Waals surface area (Å²) in [7, 11) is 0. The molecule has 1 aromatic carbocycles. The zero-order valence-electron chi connectivity index (χ0n) is 11.8. The molecule has 1 aromatic heterocycles. The Morgan fingerprint density at radius 2 is 1.96 bits per heavy atom. The number of ether oxygens (including phenoxy) is 1. The maximum absolute atomic E-state index is 13.1. The largest absolute Gasteiger partial charge is 0.442 e. The van der Waals surface area contributed by atoms with Crippen molar-refractivity contribution in [1.29, 1.82) is 0 Å². The van der Waals surface area contributed by atoms with Crippen molar-refractivity contribution in [3.8, 4) is 11.3 Å². The zero-order chi connectivity index (χ0) is 17.2. The van der Waals surface area contributed by atoms with Gasteiger partial charge in [0.15, 0.2) is 0 Å². The Bertz CT molecular complexity index is 714. The smallest absolute Gasteiger partial charge is 0.360 e. The van der Waals surface area contributed by atoms with E-state index >= 15 is 0 Å². The van der Waals surface area contributed by atoms with Gasteiger partial charge in [0, 0.05) is 17.2 Å². The van der Waals surface area contributed by atoms with Crippen LogP contribution in [0.4, 0.5) is 18.9 Å². The van der Waals surface area contributed by atoms with Crippen LogP contribution in [0.5, 0.6) is 0 Å². The Morgan fingerprint density at radius 3 is 2.43 bits per heavy atom. The number of alkyl halides is 3. The van der Waals surface area contributed by atoms with Gasteiger partial charge in [-0.3, -0.25) is 10.1 Å². The van der Waals surface area contributed by atoms with Crippen LogP contribution >= 0.6 is 11.6 Å². The van der Waals surface area contributed by atoms with E-state index in [2.05, 4.69) is 5.10 Å². The molecule has 0 spiro atoms. The van der Waals surface area contributed by atoms with E-state index in [1.54, 1.807) is 6.92 Å². The molecule has 0 unspecified atom stereocenters. The van der Waals surface area contributed by atoms with E-state index in [9.17, 15) is 23.3 Å². The molecule has 0 aliphatic heterocycles. The average Bonchev–Trinajstić information content (AvgIpc) is 2.85. The Labute approximate surface area is 133 Å². The molecule has 1 heterocycles. The molecule has 0 saturated carbocycles. The number of hydrogen-bond donors (Lipinski definition) is 0. The number of rotatable bonds is 5. The summed E-state index contributed by atoms with van der Waals surface area (Å²) in [5.74, 6) is 0. The highest BCUT2D eigenvalue weighted by Gasteiger charge is 2.45. The molecule has 0 fully saturated rings. The average molecular weight is 350 g/mol. The van der Waals surface area contributed by atoms with Gasteiger partial charge < -0.3 is 4.74 Å². The third kappa shape index (κ3) is 3.62. The molecule has 0 amide bonds. The Morgan fingerprint density at radius 1 is 1.35 bits per heavy atom. The predicted molar refractivity (Wildman–Crippen MR) is 76.0 cm³/mol. The van der Waals surface area contributed by atoms with Crippen molar-refractivity contribution in [2.24, 2.45) is 0 Å². The number of aromatic nitrogens is 2. The normalized spacial score (nSPS) is 11.7. The summed E-state index contributed by atoms with van der Waals surface area (Å²) in [6, 6.07) is 5.61. The van der Waals surface area contributed by atoms with Crippen molar-refractivity contribution >= 4 is 17.3 Å². The molecule has 0 atom stereocenters. The van der Waals surface area contributed by atoms with Crippen LogP contribution in [-0.4, -0.2) is 21.3 Å². The van der Waals surface area contributed by atoms with Gasteiger partial charge >= 0.3 is 11.9 Å². The van der Waals surface area contributed by atoms with Gasteiger partial charge in [0.05, 0.1) is 4.92 Å². The van der Waals surface area contributed by atoms with Crippen LogP contribution in [0.3, 0.4) is 0 Å². The van der Waals surface area contributed by atoms with Crippen molar-refractivity contribution in [3.05, 3.63) is 45.1 Å². The third-order valence-corrected chi connectivity index (χ3v) is 3.17. The van der Waals surface area contributed by atoms with Crippen molar-refractivity contribution in [1.82, 2.24) is 9.78 Å². The monoisotopic (exact) mass is 349 g/mol. The summed E-state index contributed by atoms with van der Waals surface area (Å²) >= 11 is 5.74. The Balaban J connectivity index is 2.71. The van der Waals surface area contributed by atoms with Crippen molar-refractivity contribution in [3.63, 3.8) is 0 Å². The van der Waals surface area contributed by atoms with Gasteiger partial charge in [-0.1, -0.05) is 23.7 Å². The first-order chi connectivity index (χ1) is 10.8. The minimum atomic E-state index is -4.96. The molecule has 0 N–H and O–H groups in total. The molecule has 10 heteroatoms. The van der Waals surface area contributed by atoms with Crippen molar-refractivity contribution in [2.75, 3.05) is 6.61 Å². The second kappa shape index (κ2) is 6.55. The molecule has 0 aliphatic rings. The minimum absolute atomic E-state index is 0.184. The van der Waals surface area contributed by atoms with Gasteiger partial charge in [-0.05, 0) is 19.1 Å². The fraction of sp³-hybridized carbons (Fsp3) is 0.308. The number of halogens is 4. The van der Waals surface area contributed by atoms with Crippen LogP contribution in [-0.2, 0) is 17.6 Å². The molecule has 0 aliphatic carbocycles. The summed E-state index contributed by atoms with van der Waals surface area (Å²) in [6.07, 6.45) is -4.96. The maximum Gasteiger partial charge on any atom is 0.442 e. The quantitative estimate of drug-likeness (QED) is 0.601. The summed E-state index contributed by atoms with van der Waals surface area (Å²) in [4.78, 5) is 10.1. The number of nitro groups is 1. The first-order valence-corrected chi connectivity index (χ1v) is 6.79. The summed E-state index contributed by atoms with van der Waals surface area (Å²) in [5.41, 5.74) is -2.78. The molecular weight excluding hydrogens is 339 g/mol. The molecule has 2 aromatic rings. The lowest BCUT2D eigenvalue weighted by molar-refractivity contribution is -0.387. The van der Waals surface area contributed by atoms with Crippen LogP contribution in [0.1, 0.15) is 12.6 Å². The van der Waals surface area contributed by atoms with Gasteiger partial charge in [-0.15, -0.1) is 0 Å².